The van der Waals surface area contributed by atoms with Gasteiger partial charge in [0.15, 0.2) is 0 Å². The van der Waals surface area contributed by atoms with Gasteiger partial charge in [0, 0.05) is 4.83 Å². The third kappa shape index (κ3) is 5.69. The van der Waals surface area contributed by atoms with Gasteiger partial charge in [-0.3, -0.25) is 0 Å². The molecule has 4 heteroatoms. The van der Waals surface area contributed by atoms with Gasteiger partial charge in [0.2, 0.25) is 0 Å². The molecule has 0 saturated heterocycles. The van der Waals surface area contributed by atoms with Gasteiger partial charge in [-0.05, 0) is 71.1 Å². The van der Waals surface area contributed by atoms with Crippen molar-refractivity contribution >= 4 is 15.9 Å². The van der Waals surface area contributed by atoms with Gasteiger partial charge in [0.1, 0.15) is 0 Å². The van der Waals surface area contributed by atoms with Crippen molar-refractivity contribution in [1.82, 2.24) is 0 Å². The average molecular weight is 403 g/mol. The highest BCUT2D eigenvalue weighted by Crippen LogP contribution is 2.53. The van der Waals surface area contributed by atoms with Gasteiger partial charge in [-0.15, -0.1) is 6.58 Å². The normalized spacial score (nSPS) is 37.4. The molecule has 0 aliphatic heterocycles. The lowest BCUT2D eigenvalue weighted by molar-refractivity contribution is -0.0987. The van der Waals surface area contributed by atoms with Crippen LogP contribution in [0.1, 0.15) is 66.7 Å². The molecule has 0 aromatic rings. The Balaban J connectivity index is 3.04. The average Bonchev–Trinajstić information content (AvgIpc) is 2.41. The number of aliphatic hydroxyl groups is 3. The summed E-state index contributed by atoms with van der Waals surface area (Å²) in [5.41, 5.74) is -2.67. The molecule has 0 aromatic carbocycles. The Morgan fingerprint density at radius 3 is 2.33 bits per heavy atom. The fourth-order valence-electron chi connectivity index (χ4n) is 3.90. The summed E-state index contributed by atoms with van der Waals surface area (Å²) in [5.74, 6) is 0.0426. The lowest BCUT2D eigenvalue weighted by atomic mass is 9.57. The van der Waals surface area contributed by atoms with Crippen LogP contribution in [0.25, 0.3) is 0 Å². The Morgan fingerprint density at radius 2 is 1.83 bits per heavy atom. The molecule has 5 atom stereocenters. The van der Waals surface area contributed by atoms with Crippen LogP contribution >= 0.6 is 15.9 Å². The van der Waals surface area contributed by atoms with E-state index in [1.165, 1.54) is 0 Å². The summed E-state index contributed by atoms with van der Waals surface area (Å²) in [5, 5.41) is 31.2. The third-order valence-corrected chi connectivity index (χ3v) is 7.13. The summed E-state index contributed by atoms with van der Waals surface area (Å²) < 4.78 is 0. The molecule has 1 aliphatic carbocycles. The van der Waals surface area contributed by atoms with Crippen molar-refractivity contribution < 1.29 is 15.3 Å². The lowest BCUT2D eigenvalue weighted by Crippen LogP contribution is -2.53. The lowest BCUT2D eigenvalue weighted by Gasteiger charge is -2.53. The van der Waals surface area contributed by atoms with Gasteiger partial charge >= 0.3 is 0 Å². The Kier molecular flexibility index (Phi) is 6.94. The van der Waals surface area contributed by atoms with Crippen LogP contribution in [0.5, 0.6) is 0 Å². The molecule has 1 saturated carbocycles. The minimum absolute atomic E-state index is 0.0426. The second-order valence-electron chi connectivity index (χ2n) is 8.78. The fraction of sp³-hybridized carbons (Fsp3) is 0.800. The Labute approximate surface area is 156 Å². The SMILES string of the molecule is C=C[C@@](C)(O)CC[C@H]1[C@](C)(C/C=C/C(C)(C)O)[C@@H](Br)CC[C@]1(C)O. The molecule has 140 valence electrons. The summed E-state index contributed by atoms with van der Waals surface area (Å²) in [4.78, 5) is 0.287. The molecule has 0 radical (unpaired) electrons. The zero-order valence-corrected chi connectivity index (χ0v) is 17.4. The smallest absolute Gasteiger partial charge is 0.0797 e. The highest BCUT2D eigenvalue weighted by Gasteiger charge is 2.51. The van der Waals surface area contributed by atoms with Crippen LogP contribution in [0, 0.1) is 11.3 Å². The number of halogens is 1. The van der Waals surface area contributed by atoms with Crippen LogP contribution in [0.15, 0.2) is 24.8 Å². The Hall–Kier alpha value is -0.160. The van der Waals surface area contributed by atoms with Crippen LogP contribution in [-0.4, -0.2) is 36.9 Å². The third-order valence-electron chi connectivity index (χ3n) is 5.63. The topological polar surface area (TPSA) is 60.7 Å². The van der Waals surface area contributed by atoms with Crippen molar-refractivity contribution in [2.24, 2.45) is 11.3 Å². The molecule has 1 fully saturated rings. The molecule has 1 aliphatic rings. The standard InChI is InChI=1S/C20H35BrO3/c1-7-18(4,23)13-9-15-19(5,12-8-11-17(2,3)22)16(21)10-14-20(15,6)24/h7-8,11,15-16,22-24H,1,9-10,12-14H2,2-6H3/b11-8+/t15-,16-,18+,19-,20-/m0/s1. The monoisotopic (exact) mass is 402 g/mol. The molecule has 0 bridgehead atoms. The highest BCUT2D eigenvalue weighted by atomic mass is 79.9. The van der Waals surface area contributed by atoms with E-state index < -0.39 is 16.8 Å². The second-order valence-corrected chi connectivity index (χ2v) is 9.89. The minimum Gasteiger partial charge on any atom is -0.390 e. The summed E-state index contributed by atoms with van der Waals surface area (Å²) >= 11 is 3.83. The first-order valence-corrected chi connectivity index (χ1v) is 9.78. The molecular formula is C20H35BrO3. The summed E-state index contributed by atoms with van der Waals surface area (Å²) in [6.45, 7) is 13.1. The molecule has 0 aromatic heterocycles. The van der Waals surface area contributed by atoms with Gasteiger partial charge in [0.05, 0.1) is 16.8 Å². The molecule has 24 heavy (non-hydrogen) atoms. The van der Waals surface area contributed by atoms with Gasteiger partial charge in [0.25, 0.3) is 0 Å². The van der Waals surface area contributed by atoms with Crippen LogP contribution in [0.2, 0.25) is 0 Å². The maximum Gasteiger partial charge on any atom is 0.0797 e. The van der Waals surface area contributed by atoms with Gasteiger partial charge in [-0.2, -0.15) is 0 Å². The predicted molar refractivity (Wildman–Crippen MR) is 104 cm³/mol. The molecule has 0 amide bonds. The number of hydrogen-bond acceptors (Lipinski definition) is 3. The van der Waals surface area contributed by atoms with E-state index in [2.05, 4.69) is 29.4 Å². The van der Waals surface area contributed by atoms with Crippen molar-refractivity contribution in [3.63, 3.8) is 0 Å². The van der Waals surface area contributed by atoms with E-state index >= 15 is 0 Å². The first kappa shape index (κ1) is 21.9. The summed E-state index contributed by atoms with van der Waals surface area (Å²) in [7, 11) is 0. The van der Waals surface area contributed by atoms with Crippen molar-refractivity contribution in [1.29, 1.82) is 0 Å². The zero-order valence-electron chi connectivity index (χ0n) is 15.8. The van der Waals surface area contributed by atoms with Gasteiger partial charge in [-0.1, -0.05) is 41.1 Å². The molecule has 0 spiro atoms. The van der Waals surface area contributed by atoms with Gasteiger partial charge in [-0.25, -0.2) is 0 Å². The first-order valence-electron chi connectivity index (χ1n) is 8.86. The largest absolute Gasteiger partial charge is 0.390 e. The van der Waals surface area contributed by atoms with Gasteiger partial charge < -0.3 is 15.3 Å². The molecule has 1 rings (SSSR count). The molecule has 3 N–H and O–H groups in total. The minimum atomic E-state index is -0.917. The molecule has 3 nitrogen and oxygen atoms in total. The maximum absolute atomic E-state index is 11.0. The first-order chi connectivity index (χ1) is 10.7. The number of allylic oxidation sites excluding steroid dienone is 1. The summed E-state index contributed by atoms with van der Waals surface area (Å²) in [6, 6.07) is 0. The number of rotatable bonds is 7. The van der Waals surface area contributed by atoms with Crippen molar-refractivity contribution in [2.75, 3.05) is 0 Å². The van der Waals surface area contributed by atoms with Crippen LogP contribution in [-0.2, 0) is 0 Å². The van der Waals surface area contributed by atoms with E-state index in [1.54, 1.807) is 26.8 Å². The predicted octanol–water partition coefficient (Wildman–Crippen LogP) is 4.35. The molecule has 0 heterocycles. The van der Waals surface area contributed by atoms with E-state index in [0.717, 1.165) is 25.7 Å². The van der Waals surface area contributed by atoms with E-state index in [0.29, 0.717) is 6.42 Å². The molecule has 0 unspecified atom stereocenters. The Bertz CT molecular complexity index is 462. The molecular weight excluding hydrogens is 368 g/mol. The maximum atomic E-state index is 11.0. The van der Waals surface area contributed by atoms with Crippen LogP contribution in [0.3, 0.4) is 0 Å². The van der Waals surface area contributed by atoms with E-state index in [4.69, 9.17) is 0 Å². The number of hydrogen-bond donors (Lipinski definition) is 3. The fourth-order valence-corrected chi connectivity index (χ4v) is 4.64. The highest BCUT2D eigenvalue weighted by molar-refractivity contribution is 9.09. The van der Waals surface area contributed by atoms with E-state index in [9.17, 15) is 15.3 Å². The Morgan fingerprint density at radius 1 is 1.25 bits per heavy atom. The van der Waals surface area contributed by atoms with E-state index in [1.807, 2.05) is 19.1 Å². The quantitative estimate of drug-likeness (QED) is 0.438. The van der Waals surface area contributed by atoms with Crippen LogP contribution in [0.4, 0.5) is 0 Å². The summed E-state index contributed by atoms with van der Waals surface area (Å²) in [6.07, 6.45) is 9.13. The van der Waals surface area contributed by atoms with Crippen molar-refractivity contribution in [3.8, 4) is 0 Å². The zero-order chi connectivity index (χ0) is 18.8. The van der Waals surface area contributed by atoms with Crippen LogP contribution < -0.4 is 0 Å². The number of alkyl halides is 1. The second kappa shape index (κ2) is 7.61. The van der Waals surface area contributed by atoms with E-state index in [-0.39, 0.29) is 16.2 Å². The van der Waals surface area contributed by atoms with Crippen molar-refractivity contribution in [3.05, 3.63) is 24.8 Å². The van der Waals surface area contributed by atoms with Crippen molar-refractivity contribution in [2.45, 2.75) is 88.4 Å².